The predicted molar refractivity (Wildman–Crippen MR) is 57.2 cm³/mol. The molecule has 0 unspecified atom stereocenters. The number of nitrogens with zero attached hydrogens (tertiary/aromatic N) is 1. The molecule has 2 aromatic rings. The van der Waals surface area contributed by atoms with Crippen LogP contribution in [0.25, 0.3) is 0 Å². The van der Waals surface area contributed by atoms with Crippen molar-refractivity contribution in [1.29, 1.82) is 0 Å². The number of phenolic OH excluding ortho intramolecular Hbond substituents is 1. The Morgan fingerprint density at radius 1 is 1.13 bits per heavy atom. The molecule has 0 atom stereocenters. The summed E-state index contributed by atoms with van der Waals surface area (Å²) in [5, 5.41) is 9.25. The third-order valence-corrected chi connectivity index (χ3v) is 1.90. The van der Waals surface area contributed by atoms with Crippen molar-refractivity contribution in [2.24, 2.45) is 0 Å². The lowest BCUT2D eigenvalue weighted by Crippen LogP contribution is -1.88. The zero-order chi connectivity index (χ0) is 10.7. The SMILES string of the molecule is Cc1cccc(Oc2cccc(O)c2)n1. The lowest BCUT2D eigenvalue weighted by molar-refractivity contribution is 0.445. The number of aromatic nitrogens is 1. The van der Waals surface area contributed by atoms with Gasteiger partial charge in [-0.05, 0) is 25.1 Å². The second-order valence-electron chi connectivity index (χ2n) is 3.22. The highest BCUT2D eigenvalue weighted by Crippen LogP contribution is 2.22. The molecular formula is C12H11NO2. The van der Waals surface area contributed by atoms with Gasteiger partial charge in [0.15, 0.2) is 0 Å². The highest BCUT2D eigenvalue weighted by molar-refractivity contribution is 5.34. The quantitative estimate of drug-likeness (QED) is 0.812. The minimum absolute atomic E-state index is 0.181. The van der Waals surface area contributed by atoms with Gasteiger partial charge in [0.05, 0.1) is 0 Å². The lowest BCUT2D eigenvalue weighted by Gasteiger charge is -2.04. The molecule has 0 saturated carbocycles. The minimum Gasteiger partial charge on any atom is -0.508 e. The van der Waals surface area contributed by atoms with E-state index in [0.29, 0.717) is 11.6 Å². The standard InChI is InChI=1S/C12H11NO2/c1-9-4-2-7-12(13-9)15-11-6-3-5-10(14)8-11/h2-8,14H,1H3. The maximum absolute atomic E-state index is 9.25. The van der Waals surface area contributed by atoms with E-state index in [9.17, 15) is 5.11 Å². The van der Waals surface area contributed by atoms with Crippen LogP contribution in [0.1, 0.15) is 5.69 Å². The lowest BCUT2D eigenvalue weighted by atomic mass is 10.3. The van der Waals surface area contributed by atoms with Crippen molar-refractivity contribution in [3.63, 3.8) is 0 Å². The number of rotatable bonds is 2. The van der Waals surface area contributed by atoms with Crippen molar-refractivity contribution < 1.29 is 9.84 Å². The summed E-state index contributed by atoms with van der Waals surface area (Å²) in [6.45, 7) is 1.90. The molecule has 2 rings (SSSR count). The average molecular weight is 201 g/mol. The van der Waals surface area contributed by atoms with Crippen LogP contribution in [-0.4, -0.2) is 10.1 Å². The Balaban J connectivity index is 2.22. The van der Waals surface area contributed by atoms with Crippen molar-refractivity contribution in [3.8, 4) is 17.4 Å². The third-order valence-electron chi connectivity index (χ3n) is 1.90. The van der Waals surface area contributed by atoms with E-state index >= 15 is 0 Å². The first kappa shape index (κ1) is 9.52. The van der Waals surface area contributed by atoms with Gasteiger partial charge in [0, 0.05) is 17.8 Å². The molecule has 0 spiro atoms. The van der Waals surface area contributed by atoms with Crippen molar-refractivity contribution in [2.75, 3.05) is 0 Å². The van der Waals surface area contributed by atoms with E-state index in [1.165, 1.54) is 0 Å². The molecule has 0 radical (unpaired) electrons. The summed E-state index contributed by atoms with van der Waals surface area (Å²) >= 11 is 0. The molecule has 1 aromatic carbocycles. The molecule has 0 aliphatic carbocycles. The number of phenols is 1. The van der Waals surface area contributed by atoms with Crippen LogP contribution in [0.2, 0.25) is 0 Å². The number of pyridine rings is 1. The fourth-order valence-corrected chi connectivity index (χ4v) is 1.24. The highest BCUT2D eigenvalue weighted by atomic mass is 16.5. The Bertz CT molecular complexity index is 425. The van der Waals surface area contributed by atoms with E-state index in [0.717, 1.165) is 5.69 Å². The zero-order valence-corrected chi connectivity index (χ0v) is 8.34. The highest BCUT2D eigenvalue weighted by Gasteiger charge is 1.99. The molecule has 1 heterocycles. The summed E-state index contributed by atoms with van der Waals surface area (Å²) < 4.78 is 5.47. The fraction of sp³-hybridized carbons (Fsp3) is 0.0833. The van der Waals surface area contributed by atoms with E-state index in [2.05, 4.69) is 4.98 Å². The normalized spacial score (nSPS) is 9.93. The Hall–Kier alpha value is -2.03. The molecule has 0 aliphatic rings. The molecule has 1 aromatic heterocycles. The summed E-state index contributed by atoms with van der Waals surface area (Å²) in [5.41, 5.74) is 0.896. The number of ether oxygens (including phenoxy) is 1. The topological polar surface area (TPSA) is 42.4 Å². The summed E-state index contributed by atoms with van der Waals surface area (Å²) in [5.74, 6) is 1.29. The smallest absolute Gasteiger partial charge is 0.219 e. The Morgan fingerprint density at radius 3 is 2.67 bits per heavy atom. The van der Waals surface area contributed by atoms with E-state index in [1.807, 2.05) is 19.1 Å². The summed E-state index contributed by atoms with van der Waals surface area (Å²) in [6, 6.07) is 12.2. The molecule has 15 heavy (non-hydrogen) atoms. The fourth-order valence-electron chi connectivity index (χ4n) is 1.24. The number of aryl methyl sites for hydroxylation is 1. The van der Waals surface area contributed by atoms with Crippen molar-refractivity contribution in [3.05, 3.63) is 48.2 Å². The van der Waals surface area contributed by atoms with E-state index in [-0.39, 0.29) is 5.75 Å². The molecule has 1 N–H and O–H groups in total. The summed E-state index contributed by atoms with van der Waals surface area (Å²) in [4.78, 5) is 4.19. The zero-order valence-electron chi connectivity index (χ0n) is 8.34. The van der Waals surface area contributed by atoms with Crippen molar-refractivity contribution in [2.45, 2.75) is 6.92 Å². The Labute approximate surface area is 88.0 Å². The molecule has 3 nitrogen and oxygen atoms in total. The van der Waals surface area contributed by atoms with Gasteiger partial charge in [-0.1, -0.05) is 12.1 Å². The van der Waals surface area contributed by atoms with E-state index in [4.69, 9.17) is 4.74 Å². The van der Waals surface area contributed by atoms with Gasteiger partial charge in [-0.15, -0.1) is 0 Å². The molecule has 0 aliphatic heterocycles. The van der Waals surface area contributed by atoms with Crippen LogP contribution >= 0.6 is 0 Å². The van der Waals surface area contributed by atoms with Gasteiger partial charge in [-0.25, -0.2) is 4.98 Å². The van der Waals surface area contributed by atoms with Crippen LogP contribution in [0, 0.1) is 6.92 Å². The number of hydrogen-bond acceptors (Lipinski definition) is 3. The second-order valence-corrected chi connectivity index (χ2v) is 3.22. The van der Waals surface area contributed by atoms with Crippen LogP contribution in [0.3, 0.4) is 0 Å². The van der Waals surface area contributed by atoms with Gasteiger partial charge in [0.1, 0.15) is 11.5 Å². The number of hydrogen-bond donors (Lipinski definition) is 1. The maximum Gasteiger partial charge on any atom is 0.219 e. The van der Waals surface area contributed by atoms with Gasteiger partial charge < -0.3 is 9.84 Å². The number of aromatic hydroxyl groups is 1. The van der Waals surface area contributed by atoms with Gasteiger partial charge >= 0.3 is 0 Å². The second kappa shape index (κ2) is 4.00. The first-order chi connectivity index (χ1) is 7.24. The van der Waals surface area contributed by atoms with E-state index in [1.54, 1.807) is 30.3 Å². The van der Waals surface area contributed by atoms with Crippen molar-refractivity contribution >= 4 is 0 Å². The monoisotopic (exact) mass is 201 g/mol. The van der Waals surface area contributed by atoms with Crippen LogP contribution in [0.5, 0.6) is 17.4 Å². The first-order valence-corrected chi connectivity index (χ1v) is 4.64. The molecular weight excluding hydrogens is 190 g/mol. The Kier molecular flexibility index (Phi) is 2.54. The molecule has 0 amide bonds. The maximum atomic E-state index is 9.25. The minimum atomic E-state index is 0.181. The first-order valence-electron chi connectivity index (χ1n) is 4.64. The molecule has 0 bridgehead atoms. The van der Waals surface area contributed by atoms with Crippen molar-refractivity contribution in [1.82, 2.24) is 4.98 Å². The average Bonchev–Trinajstić information content (AvgIpc) is 2.17. The molecule has 0 fully saturated rings. The van der Waals surface area contributed by atoms with Gasteiger partial charge in [0.25, 0.3) is 0 Å². The van der Waals surface area contributed by atoms with Crippen LogP contribution < -0.4 is 4.74 Å². The largest absolute Gasteiger partial charge is 0.508 e. The van der Waals surface area contributed by atoms with Crippen LogP contribution in [0.4, 0.5) is 0 Å². The summed E-state index contributed by atoms with van der Waals surface area (Å²) in [7, 11) is 0. The van der Waals surface area contributed by atoms with Crippen LogP contribution in [-0.2, 0) is 0 Å². The number of benzene rings is 1. The van der Waals surface area contributed by atoms with E-state index < -0.39 is 0 Å². The third kappa shape index (κ3) is 2.47. The molecule has 0 saturated heterocycles. The van der Waals surface area contributed by atoms with Gasteiger partial charge in [-0.2, -0.15) is 0 Å². The predicted octanol–water partition coefficient (Wildman–Crippen LogP) is 2.89. The molecule has 3 heteroatoms. The van der Waals surface area contributed by atoms with Gasteiger partial charge in [-0.3, -0.25) is 0 Å². The van der Waals surface area contributed by atoms with Crippen LogP contribution in [0.15, 0.2) is 42.5 Å². The summed E-state index contributed by atoms with van der Waals surface area (Å²) in [6.07, 6.45) is 0. The van der Waals surface area contributed by atoms with Gasteiger partial charge in [0.2, 0.25) is 5.88 Å². The molecule has 76 valence electrons. The Morgan fingerprint density at radius 2 is 1.93 bits per heavy atom.